The van der Waals surface area contributed by atoms with Crippen molar-refractivity contribution in [2.24, 2.45) is 5.92 Å². The highest BCUT2D eigenvalue weighted by Gasteiger charge is 2.49. The summed E-state index contributed by atoms with van der Waals surface area (Å²) in [5.74, 6) is -0.833. The zero-order valence-corrected chi connectivity index (χ0v) is 11.5. The number of carbonyl (C=O) groups excluding carboxylic acids is 1. The molecule has 2 rings (SSSR count). The Bertz CT molecular complexity index is 389. The van der Waals surface area contributed by atoms with E-state index in [2.05, 4.69) is 6.58 Å². The smallest absolute Gasteiger partial charge is 0.410 e. The van der Waals surface area contributed by atoms with Crippen molar-refractivity contribution < 1.29 is 24.2 Å². The third kappa shape index (κ3) is 3.12. The van der Waals surface area contributed by atoms with E-state index in [1.807, 2.05) is 0 Å². The molecule has 112 valence electrons. The molecule has 0 saturated carbocycles. The summed E-state index contributed by atoms with van der Waals surface area (Å²) in [6, 6.07) is 0. The number of hydrogen-bond acceptors (Lipinski definition) is 4. The summed E-state index contributed by atoms with van der Waals surface area (Å²) in [5.41, 5.74) is -0.295. The molecule has 6 heteroatoms. The number of rotatable bonds is 4. The highest BCUT2D eigenvalue weighted by Crippen LogP contribution is 2.42. The van der Waals surface area contributed by atoms with Gasteiger partial charge in [0.05, 0.1) is 5.54 Å². The van der Waals surface area contributed by atoms with E-state index in [1.54, 1.807) is 4.90 Å². The number of carboxylic acids is 1. The quantitative estimate of drug-likeness (QED) is 0.794. The van der Waals surface area contributed by atoms with Crippen LogP contribution in [0.25, 0.3) is 0 Å². The minimum atomic E-state index is -0.821. The van der Waals surface area contributed by atoms with Gasteiger partial charge in [0.2, 0.25) is 0 Å². The Morgan fingerprint density at radius 1 is 1.45 bits per heavy atom. The topological polar surface area (TPSA) is 76.1 Å². The number of carbonyl (C=O) groups is 2. The van der Waals surface area contributed by atoms with E-state index in [-0.39, 0.29) is 30.6 Å². The average molecular weight is 283 g/mol. The Morgan fingerprint density at radius 2 is 2.15 bits per heavy atom. The molecule has 2 heterocycles. The maximum atomic E-state index is 12.2. The molecule has 6 nitrogen and oxygen atoms in total. The van der Waals surface area contributed by atoms with Crippen LogP contribution < -0.4 is 0 Å². The van der Waals surface area contributed by atoms with Crippen LogP contribution in [-0.2, 0) is 14.3 Å². The lowest BCUT2D eigenvalue weighted by molar-refractivity contribution is -0.138. The van der Waals surface area contributed by atoms with Gasteiger partial charge in [-0.3, -0.25) is 4.79 Å². The van der Waals surface area contributed by atoms with Gasteiger partial charge < -0.3 is 19.5 Å². The Balaban J connectivity index is 2.10. The molecular weight excluding hydrogens is 262 g/mol. The summed E-state index contributed by atoms with van der Waals surface area (Å²) >= 11 is 0. The molecule has 1 amide bonds. The third-order valence-electron chi connectivity index (χ3n) is 4.11. The molecule has 1 atom stereocenters. The average Bonchev–Trinajstić information content (AvgIpc) is 2.74. The summed E-state index contributed by atoms with van der Waals surface area (Å²) in [7, 11) is 0. The van der Waals surface area contributed by atoms with Gasteiger partial charge in [-0.2, -0.15) is 0 Å². The van der Waals surface area contributed by atoms with Crippen molar-refractivity contribution in [3.05, 3.63) is 12.7 Å². The zero-order valence-electron chi connectivity index (χ0n) is 11.5. The van der Waals surface area contributed by atoms with Gasteiger partial charge in [0.25, 0.3) is 0 Å². The van der Waals surface area contributed by atoms with Gasteiger partial charge in [-0.05, 0) is 25.2 Å². The van der Waals surface area contributed by atoms with Crippen molar-refractivity contribution >= 4 is 12.1 Å². The Morgan fingerprint density at radius 3 is 2.75 bits per heavy atom. The van der Waals surface area contributed by atoms with Crippen LogP contribution in [0, 0.1) is 5.92 Å². The summed E-state index contributed by atoms with van der Waals surface area (Å²) in [5, 5.41) is 8.95. The van der Waals surface area contributed by atoms with E-state index >= 15 is 0 Å². The van der Waals surface area contributed by atoms with Crippen molar-refractivity contribution in [1.29, 1.82) is 0 Å². The fraction of sp³-hybridized carbons (Fsp3) is 0.714. The largest absolute Gasteiger partial charge is 0.481 e. The Labute approximate surface area is 118 Å². The van der Waals surface area contributed by atoms with E-state index in [0.29, 0.717) is 26.2 Å². The number of nitrogens with zero attached hydrogens (tertiary/aromatic N) is 1. The van der Waals surface area contributed by atoms with Gasteiger partial charge in [0.15, 0.2) is 0 Å². The minimum Gasteiger partial charge on any atom is -0.481 e. The van der Waals surface area contributed by atoms with Crippen molar-refractivity contribution in [2.75, 3.05) is 26.4 Å². The van der Waals surface area contributed by atoms with Crippen LogP contribution in [0.15, 0.2) is 12.7 Å². The van der Waals surface area contributed by atoms with Crippen LogP contribution in [0.5, 0.6) is 0 Å². The minimum absolute atomic E-state index is 0.0121. The van der Waals surface area contributed by atoms with Crippen molar-refractivity contribution in [1.82, 2.24) is 4.90 Å². The molecule has 2 aliphatic rings. The first-order valence-electron chi connectivity index (χ1n) is 6.92. The van der Waals surface area contributed by atoms with Crippen molar-refractivity contribution in [3.8, 4) is 0 Å². The summed E-state index contributed by atoms with van der Waals surface area (Å²) in [6.45, 7) is 5.35. The first-order valence-corrected chi connectivity index (χ1v) is 6.92. The van der Waals surface area contributed by atoms with Crippen molar-refractivity contribution in [2.45, 2.75) is 31.2 Å². The van der Waals surface area contributed by atoms with Crippen LogP contribution in [0.3, 0.4) is 0 Å². The number of ether oxygens (including phenoxy) is 2. The third-order valence-corrected chi connectivity index (χ3v) is 4.11. The van der Waals surface area contributed by atoms with E-state index in [1.165, 1.54) is 6.08 Å². The fourth-order valence-corrected chi connectivity index (χ4v) is 3.25. The number of likely N-dealkylation sites (tertiary alicyclic amines) is 1. The number of carboxylic acid groups (broad SMARTS) is 1. The van der Waals surface area contributed by atoms with Crippen LogP contribution in [0.2, 0.25) is 0 Å². The second kappa shape index (κ2) is 6.26. The fourth-order valence-electron chi connectivity index (χ4n) is 3.25. The van der Waals surface area contributed by atoms with Gasteiger partial charge in [-0.1, -0.05) is 12.7 Å². The van der Waals surface area contributed by atoms with Gasteiger partial charge in [-0.25, -0.2) is 4.79 Å². The standard InChI is InChI=1S/C14H21NO5/c1-2-5-20-13(18)15-10-11(8-12(16)17)9-14(15)3-6-19-7-4-14/h2,11H,1,3-10H2,(H,16,17). The van der Waals surface area contributed by atoms with Gasteiger partial charge >= 0.3 is 12.1 Å². The first-order chi connectivity index (χ1) is 9.57. The lowest BCUT2D eigenvalue weighted by Gasteiger charge is -2.40. The molecule has 0 bridgehead atoms. The lowest BCUT2D eigenvalue weighted by Crippen LogP contribution is -2.50. The highest BCUT2D eigenvalue weighted by atomic mass is 16.6. The van der Waals surface area contributed by atoms with Crippen LogP contribution in [-0.4, -0.2) is 54.0 Å². The summed E-state index contributed by atoms with van der Waals surface area (Å²) < 4.78 is 10.5. The SMILES string of the molecule is C=CCOC(=O)N1CC(CC(=O)O)CC12CCOCC2. The summed E-state index contributed by atoms with van der Waals surface area (Å²) in [4.78, 5) is 24.8. The second-order valence-electron chi connectivity index (χ2n) is 5.48. The van der Waals surface area contributed by atoms with Crippen molar-refractivity contribution in [3.63, 3.8) is 0 Å². The molecule has 0 radical (unpaired) electrons. The predicted molar refractivity (Wildman–Crippen MR) is 71.4 cm³/mol. The van der Waals surface area contributed by atoms with E-state index < -0.39 is 5.97 Å². The molecule has 2 aliphatic heterocycles. The first kappa shape index (κ1) is 14.8. The molecule has 2 fully saturated rings. The van der Waals surface area contributed by atoms with Gasteiger partial charge in [-0.15, -0.1) is 0 Å². The van der Waals surface area contributed by atoms with Gasteiger partial charge in [0.1, 0.15) is 6.61 Å². The van der Waals surface area contributed by atoms with Crippen LogP contribution >= 0.6 is 0 Å². The Kier molecular flexibility index (Phi) is 4.65. The molecule has 1 N–H and O–H groups in total. The van der Waals surface area contributed by atoms with E-state index in [9.17, 15) is 9.59 Å². The molecule has 0 aliphatic carbocycles. The van der Waals surface area contributed by atoms with Crippen LogP contribution in [0.4, 0.5) is 4.79 Å². The maximum absolute atomic E-state index is 12.2. The molecule has 0 aromatic carbocycles. The monoisotopic (exact) mass is 283 g/mol. The van der Waals surface area contributed by atoms with E-state index in [0.717, 1.165) is 12.8 Å². The molecule has 20 heavy (non-hydrogen) atoms. The molecule has 0 aromatic rings. The number of aliphatic carboxylic acids is 1. The maximum Gasteiger partial charge on any atom is 0.410 e. The normalized spacial score (nSPS) is 24.6. The lowest BCUT2D eigenvalue weighted by atomic mass is 9.84. The van der Waals surface area contributed by atoms with Gasteiger partial charge in [0, 0.05) is 26.2 Å². The molecule has 2 saturated heterocycles. The molecule has 1 unspecified atom stereocenters. The van der Waals surface area contributed by atoms with Crippen LogP contribution in [0.1, 0.15) is 25.7 Å². The number of amides is 1. The second-order valence-corrected chi connectivity index (χ2v) is 5.48. The zero-order chi connectivity index (χ0) is 14.6. The van der Waals surface area contributed by atoms with E-state index in [4.69, 9.17) is 14.6 Å². The molecular formula is C14H21NO5. The summed E-state index contributed by atoms with van der Waals surface area (Å²) in [6.07, 6.45) is 3.44. The Hall–Kier alpha value is -1.56. The number of hydrogen-bond donors (Lipinski definition) is 1. The predicted octanol–water partition coefficient (Wildman–Crippen LogP) is 1.65. The molecule has 1 spiro atoms. The highest BCUT2D eigenvalue weighted by molar-refractivity contribution is 5.70. The molecule has 0 aromatic heterocycles.